The van der Waals surface area contributed by atoms with Gasteiger partial charge in [-0.1, -0.05) is 21.9 Å². The SMILES string of the molecule is Bc1c(B)c(B)c(-c2c(B)c(B)c(B)c(B)c2B(O)O)c(B)c1B. The Kier molecular flexibility index (Phi) is 5.42. The lowest BCUT2D eigenvalue weighted by molar-refractivity contribution is 0.426. The normalized spacial score (nSPS) is 10.8. The molecule has 2 rings (SSSR count). The van der Waals surface area contributed by atoms with Gasteiger partial charge in [-0.3, -0.25) is 0 Å². The molecule has 0 aromatic heterocycles. The van der Waals surface area contributed by atoms with E-state index in [-0.39, 0.29) is 0 Å². The average molecular weight is 304 g/mol. The van der Waals surface area contributed by atoms with E-state index in [1.807, 2.05) is 7.85 Å². The van der Waals surface area contributed by atoms with E-state index in [0.29, 0.717) is 5.46 Å². The van der Waals surface area contributed by atoms with Crippen molar-refractivity contribution in [1.29, 1.82) is 0 Å². The molecule has 0 saturated carbocycles. The van der Waals surface area contributed by atoms with Gasteiger partial charge in [0.15, 0.2) is 0 Å². The van der Waals surface area contributed by atoms with Gasteiger partial charge in [0.2, 0.25) is 0 Å². The lowest BCUT2D eigenvalue weighted by Crippen LogP contribution is -2.62. The lowest BCUT2D eigenvalue weighted by Gasteiger charge is -2.27. The summed E-state index contributed by atoms with van der Waals surface area (Å²) in [5.41, 5.74) is 13.6. The fourth-order valence-corrected chi connectivity index (χ4v) is 3.86. The zero-order valence-corrected chi connectivity index (χ0v) is 16.5. The zero-order chi connectivity index (χ0) is 18.5. The van der Waals surface area contributed by atoms with E-state index in [1.54, 1.807) is 0 Å². The fourth-order valence-electron chi connectivity index (χ4n) is 3.86. The van der Waals surface area contributed by atoms with Crippen LogP contribution in [0.2, 0.25) is 0 Å². The van der Waals surface area contributed by atoms with E-state index in [4.69, 9.17) is 0 Å². The highest BCUT2D eigenvalue weighted by Gasteiger charge is 2.26. The minimum Gasteiger partial charge on any atom is -0.423 e. The van der Waals surface area contributed by atoms with E-state index in [9.17, 15) is 10.0 Å². The van der Waals surface area contributed by atoms with Crippen LogP contribution in [0, 0.1) is 0 Å². The molecule has 2 aromatic carbocycles. The molecule has 0 fully saturated rings. The van der Waals surface area contributed by atoms with Crippen LogP contribution < -0.4 is 54.6 Å². The van der Waals surface area contributed by atoms with Crippen molar-refractivity contribution in [2.24, 2.45) is 0 Å². The Bertz CT molecular complexity index is 820. The van der Waals surface area contributed by atoms with Gasteiger partial charge in [0.1, 0.15) is 70.6 Å². The molecule has 0 heterocycles. The molecule has 0 aliphatic rings. The predicted molar refractivity (Wildman–Crippen MR) is 135 cm³/mol. The second-order valence-electron chi connectivity index (χ2n) is 7.16. The highest BCUT2D eigenvalue weighted by molar-refractivity contribution is 6.76. The minimum absolute atomic E-state index is 0.643. The van der Waals surface area contributed by atoms with Crippen molar-refractivity contribution in [3.8, 4) is 11.1 Å². The molecule has 0 saturated heterocycles. The van der Waals surface area contributed by atoms with Crippen molar-refractivity contribution >= 4 is 132 Å². The Morgan fingerprint density at radius 1 is 0.417 bits per heavy atom. The van der Waals surface area contributed by atoms with E-state index < -0.39 is 7.12 Å². The number of benzene rings is 2. The second kappa shape index (κ2) is 6.72. The van der Waals surface area contributed by atoms with E-state index in [2.05, 4.69) is 62.8 Å². The largest absolute Gasteiger partial charge is 0.488 e. The van der Waals surface area contributed by atoms with E-state index in [0.717, 1.165) is 27.5 Å². The van der Waals surface area contributed by atoms with Gasteiger partial charge >= 0.3 is 7.12 Å². The summed E-state index contributed by atoms with van der Waals surface area (Å²) in [5.74, 6) is 0. The van der Waals surface area contributed by atoms with Crippen LogP contribution in [0.25, 0.3) is 11.1 Å². The average Bonchev–Trinajstić information content (AvgIpc) is 2.53. The second-order valence-corrected chi connectivity index (χ2v) is 7.16. The van der Waals surface area contributed by atoms with Crippen molar-refractivity contribution < 1.29 is 10.0 Å². The molecular formula is C12H20B10O2. The smallest absolute Gasteiger partial charge is 0.423 e. The Morgan fingerprint density at radius 2 is 0.708 bits per heavy atom. The molecule has 0 radical (unpaired) electrons. The van der Waals surface area contributed by atoms with Crippen LogP contribution in [0.4, 0.5) is 0 Å². The van der Waals surface area contributed by atoms with Gasteiger partial charge in [0.05, 0.1) is 0 Å². The number of rotatable bonds is 2. The fraction of sp³-hybridized carbons (Fsp3) is 0. The van der Waals surface area contributed by atoms with Gasteiger partial charge in [-0.05, 0) is 16.6 Å². The molecule has 0 aliphatic carbocycles. The molecule has 12 heteroatoms. The molecule has 2 aromatic rings. The first-order chi connectivity index (χ1) is 11.0. The quantitative estimate of drug-likeness (QED) is 0.541. The molecule has 0 aliphatic heterocycles. The molecule has 2 nitrogen and oxygen atoms in total. The van der Waals surface area contributed by atoms with Crippen LogP contribution in [-0.4, -0.2) is 87.8 Å². The summed E-state index contributed by atoms with van der Waals surface area (Å²) in [6.45, 7) is 0. The molecule has 2 N–H and O–H groups in total. The molecule has 0 unspecified atom stereocenters. The van der Waals surface area contributed by atoms with Gasteiger partial charge in [-0.2, -0.15) is 0 Å². The van der Waals surface area contributed by atoms with Crippen molar-refractivity contribution in [1.82, 2.24) is 0 Å². The highest BCUT2D eigenvalue weighted by Crippen LogP contribution is 2.06. The standard InChI is InChI=1S/C12H20B10O2/c13-3-1(4(14)7(17)9(19)6(3)16)2-5(15)8(18)10(20)11(21)12(2)22(23)24/h23-24H,13-21H2. The van der Waals surface area contributed by atoms with Gasteiger partial charge < -0.3 is 10.0 Å². The first kappa shape index (κ1) is 19.3. The zero-order valence-electron chi connectivity index (χ0n) is 16.5. The van der Waals surface area contributed by atoms with E-state index in [1.165, 1.54) is 32.8 Å². The van der Waals surface area contributed by atoms with Crippen molar-refractivity contribution in [3.63, 3.8) is 0 Å². The molecule has 0 amide bonds. The summed E-state index contributed by atoms with van der Waals surface area (Å²) in [5, 5.41) is 20.2. The molecule has 0 atom stereocenters. The molecule has 24 heavy (non-hydrogen) atoms. The Hall–Kier alpha value is -0.991. The van der Waals surface area contributed by atoms with Crippen molar-refractivity contribution in [2.45, 2.75) is 0 Å². The monoisotopic (exact) mass is 306 g/mol. The highest BCUT2D eigenvalue weighted by atomic mass is 16.4. The van der Waals surface area contributed by atoms with Crippen molar-refractivity contribution in [3.05, 3.63) is 0 Å². The van der Waals surface area contributed by atoms with Crippen LogP contribution >= 0.6 is 0 Å². The summed E-state index contributed by atoms with van der Waals surface area (Å²) in [6, 6.07) is 0. The molecular weight excluding hydrogens is 284 g/mol. The van der Waals surface area contributed by atoms with Gasteiger partial charge in [0, 0.05) is 0 Å². The topological polar surface area (TPSA) is 40.5 Å². The molecule has 110 valence electrons. The third-order valence-corrected chi connectivity index (χ3v) is 6.24. The third kappa shape index (κ3) is 2.78. The van der Waals surface area contributed by atoms with Gasteiger partial charge in [-0.25, -0.2) is 0 Å². The van der Waals surface area contributed by atoms with Crippen LogP contribution in [0.1, 0.15) is 0 Å². The minimum atomic E-state index is -1.47. The maximum Gasteiger partial charge on any atom is 0.488 e. The van der Waals surface area contributed by atoms with Gasteiger partial charge in [-0.15, -0.1) is 27.3 Å². The summed E-state index contributed by atoms with van der Waals surface area (Å²) < 4.78 is 0. The van der Waals surface area contributed by atoms with Gasteiger partial charge in [0.25, 0.3) is 0 Å². The van der Waals surface area contributed by atoms with Crippen LogP contribution in [0.5, 0.6) is 0 Å². The van der Waals surface area contributed by atoms with Crippen LogP contribution in [0.3, 0.4) is 0 Å². The maximum atomic E-state index is 10.1. The summed E-state index contributed by atoms with van der Waals surface area (Å²) in [4.78, 5) is 0. The molecule has 0 spiro atoms. The third-order valence-electron chi connectivity index (χ3n) is 6.24. The Labute approximate surface area is 153 Å². The number of hydrogen-bond acceptors (Lipinski definition) is 2. The van der Waals surface area contributed by atoms with Crippen LogP contribution in [-0.2, 0) is 0 Å². The summed E-state index contributed by atoms with van der Waals surface area (Å²) >= 11 is 0. The summed E-state index contributed by atoms with van der Waals surface area (Å²) in [7, 11) is 17.5. The number of hydrogen-bond donors (Lipinski definition) is 2. The summed E-state index contributed by atoms with van der Waals surface area (Å²) in [6.07, 6.45) is 0. The lowest BCUT2D eigenvalue weighted by atomic mass is 9.53. The van der Waals surface area contributed by atoms with Crippen LogP contribution in [0.15, 0.2) is 0 Å². The molecule has 0 bridgehead atoms. The Morgan fingerprint density at radius 3 is 1.08 bits per heavy atom. The first-order valence-corrected chi connectivity index (χ1v) is 8.56. The first-order valence-electron chi connectivity index (χ1n) is 8.56. The maximum absolute atomic E-state index is 10.1. The predicted octanol–water partition coefficient (Wildman–Crippen LogP) is -14.6. The van der Waals surface area contributed by atoms with E-state index >= 15 is 0 Å². The van der Waals surface area contributed by atoms with Crippen molar-refractivity contribution in [2.75, 3.05) is 0 Å². The Balaban J connectivity index is 3.10.